The molecular formula is C12H16ClNO. The van der Waals surface area contributed by atoms with E-state index in [1.54, 1.807) is 0 Å². The summed E-state index contributed by atoms with van der Waals surface area (Å²) in [5.74, 6) is 0.797. The van der Waals surface area contributed by atoms with E-state index < -0.39 is 0 Å². The SMILES string of the molecule is C=C(Cl)COc1ccc(CC(C)N)cc1. The third-order valence-corrected chi connectivity index (χ3v) is 1.99. The first-order chi connectivity index (χ1) is 7.08. The Kier molecular flexibility index (Phi) is 4.66. The lowest BCUT2D eigenvalue weighted by Gasteiger charge is -2.07. The Morgan fingerprint density at radius 3 is 2.53 bits per heavy atom. The molecular weight excluding hydrogens is 210 g/mol. The van der Waals surface area contributed by atoms with E-state index in [1.165, 1.54) is 5.56 Å². The largest absolute Gasteiger partial charge is 0.488 e. The molecule has 0 fully saturated rings. The fourth-order valence-corrected chi connectivity index (χ4v) is 1.31. The van der Waals surface area contributed by atoms with Crippen LogP contribution in [0.3, 0.4) is 0 Å². The Morgan fingerprint density at radius 2 is 2.07 bits per heavy atom. The van der Waals surface area contributed by atoms with Gasteiger partial charge in [0.05, 0.1) is 0 Å². The normalized spacial score (nSPS) is 12.2. The third-order valence-electron chi connectivity index (χ3n) is 1.88. The quantitative estimate of drug-likeness (QED) is 0.837. The van der Waals surface area contributed by atoms with Gasteiger partial charge in [0.1, 0.15) is 12.4 Å². The van der Waals surface area contributed by atoms with Gasteiger partial charge < -0.3 is 10.5 Å². The fourth-order valence-electron chi connectivity index (χ4n) is 1.26. The average molecular weight is 226 g/mol. The molecule has 0 heterocycles. The van der Waals surface area contributed by atoms with E-state index >= 15 is 0 Å². The highest BCUT2D eigenvalue weighted by atomic mass is 35.5. The van der Waals surface area contributed by atoms with Gasteiger partial charge in [0.2, 0.25) is 0 Å². The first-order valence-electron chi connectivity index (χ1n) is 4.88. The second-order valence-corrected chi connectivity index (χ2v) is 4.17. The summed E-state index contributed by atoms with van der Waals surface area (Å²) in [6.45, 7) is 5.88. The van der Waals surface area contributed by atoms with Crippen molar-refractivity contribution in [2.75, 3.05) is 6.61 Å². The molecule has 0 aliphatic carbocycles. The Labute approximate surface area is 95.7 Å². The summed E-state index contributed by atoms with van der Waals surface area (Å²) < 4.78 is 5.36. The monoisotopic (exact) mass is 225 g/mol. The number of nitrogens with two attached hydrogens (primary N) is 1. The lowest BCUT2D eigenvalue weighted by atomic mass is 10.1. The lowest BCUT2D eigenvalue weighted by Crippen LogP contribution is -2.17. The molecule has 1 aromatic carbocycles. The molecule has 0 saturated heterocycles. The van der Waals surface area contributed by atoms with E-state index in [9.17, 15) is 0 Å². The minimum atomic E-state index is 0.180. The molecule has 2 nitrogen and oxygen atoms in total. The van der Waals surface area contributed by atoms with Crippen LogP contribution in [0.5, 0.6) is 5.75 Å². The summed E-state index contributed by atoms with van der Waals surface area (Å²) >= 11 is 5.59. The summed E-state index contributed by atoms with van der Waals surface area (Å²) in [6.07, 6.45) is 0.877. The molecule has 0 radical (unpaired) electrons. The summed E-state index contributed by atoms with van der Waals surface area (Å²) in [7, 11) is 0. The molecule has 0 aromatic heterocycles. The second kappa shape index (κ2) is 5.79. The van der Waals surface area contributed by atoms with Crippen molar-refractivity contribution in [2.45, 2.75) is 19.4 Å². The van der Waals surface area contributed by atoms with Crippen molar-refractivity contribution >= 4 is 11.6 Å². The van der Waals surface area contributed by atoms with Crippen LogP contribution in [0.4, 0.5) is 0 Å². The van der Waals surface area contributed by atoms with Crippen LogP contribution < -0.4 is 10.5 Å². The number of ether oxygens (including phenoxy) is 1. The first-order valence-corrected chi connectivity index (χ1v) is 5.26. The molecule has 0 aliphatic rings. The van der Waals surface area contributed by atoms with Gasteiger partial charge in [-0.2, -0.15) is 0 Å². The highest BCUT2D eigenvalue weighted by Crippen LogP contribution is 2.14. The number of hydrogen-bond acceptors (Lipinski definition) is 2. The topological polar surface area (TPSA) is 35.2 Å². The molecule has 1 atom stereocenters. The standard InChI is InChI=1S/C12H16ClNO/c1-9(13)8-15-12-5-3-11(4-6-12)7-10(2)14/h3-6,10H,1,7-8,14H2,2H3. The van der Waals surface area contributed by atoms with Gasteiger partial charge in [-0.3, -0.25) is 0 Å². The van der Waals surface area contributed by atoms with Crippen molar-refractivity contribution in [3.05, 3.63) is 41.4 Å². The van der Waals surface area contributed by atoms with Gasteiger partial charge in [-0.25, -0.2) is 0 Å². The fraction of sp³-hybridized carbons (Fsp3) is 0.333. The van der Waals surface area contributed by atoms with E-state index in [-0.39, 0.29) is 6.04 Å². The third kappa shape index (κ3) is 4.86. The van der Waals surface area contributed by atoms with Crippen LogP contribution in [0.25, 0.3) is 0 Å². The second-order valence-electron chi connectivity index (χ2n) is 3.63. The minimum Gasteiger partial charge on any atom is -0.488 e. The van der Waals surface area contributed by atoms with Crippen LogP contribution in [-0.2, 0) is 6.42 Å². The van der Waals surface area contributed by atoms with Crippen LogP contribution >= 0.6 is 11.6 Å². The van der Waals surface area contributed by atoms with Gasteiger partial charge in [0.25, 0.3) is 0 Å². The number of halogens is 1. The van der Waals surface area contributed by atoms with Crippen LogP contribution in [0.1, 0.15) is 12.5 Å². The Hall–Kier alpha value is -0.990. The molecule has 0 aliphatic heterocycles. The van der Waals surface area contributed by atoms with Gasteiger partial charge in [-0.15, -0.1) is 0 Å². The van der Waals surface area contributed by atoms with Crippen molar-refractivity contribution in [3.63, 3.8) is 0 Å². The van der Waals surface area contributed by atoms with Crippen LogP contribution in [0.15, 0.2) is 35.9 Å². The molecule has 0 spiro atoms. The predicted octanol–water partition coefficient (Wildman–Crippen LogP) is 2.71. The zero-order valence-electron chi connectivity index (χ0n) is 8.87. The van der Waals surface area contributed by atoms with Crippen LogP contribution in [-0.4, -0.2) is 12.6 Å². The highest BCUT2D eigenvalue weighted by Gasteiger charge is 1.99. The maximum absolute atomic E-state index is 5.70. The Morgan fingerprint density at radius 1 is 1.47 bits per heavy atom. The number of hydrogen-bond donors (Lipinski definition) is 1. The van der Waals surface area contributed by atoms with Crippen molar-refractivity contribution in [1.82, 2.24) is 0 Å². The number of rotatable bonds is 5. The molecule has 82 valence electrons. The molecule has 0 bridgehead atoms. The maximum atomic E-state index is 5.70. The van der Waals surface area contributed by atoms with Crippen molar-refractivity contribution < 1.29 is 4.74 Å². The summed E-state index contributed by atoms with van der Waals surface area (Å²) in [5.41, 5.74) is 6.91. The van der Waals surface area contributed by atoms with Gasteiger partial charge in [0, 0.05) is 11.1 Å². The molecule has 1 rings (SSSR count). The molecule has 1 unspecified atom stereocenters. The minimum absolute atomic E-state index is 0.180. The van der Waals surface area contributed by atoms with Crippen LogP contribution in [0.2, 0.25) is 0 Å². The predicted molar refractivity (Wildman–Crippen MR) is 64.3 cm³/mol. The zero-order valence-corrected chi connectivity index (χ0v) is 9.63. The Bertz CT molecular complexity index is 319. The van der Waals surface area contributed by atoms with Gasteiger partial charge >= 0.3 is 0 Å². The maximum Gasteiger partial charge on any atom is 0.123 e. The van der Waals surface area contributed by atoms with Crippen molar-refractivity contribution in [3.8, 4) is 5.75 Å². The molecule has 2 N–H and O–H groups in total. The zero-order chi connectivity index (χ0) is 11.3. The first kappa shape index (κ1) is 12.1. The molecule has 0 amide bonds. The number of benzene rings is 1. The van der Waals surface area contributed by atoms with E-state index in [2.05, 4.69) is 6.58 Å². The van der Waals surface area contributed by atoms with Gasteiger partial charge in [-0.05, 0) is 31.0 Å². The van der Waals surface area contributed by atoms with Crippen molar-refractivity contribution in [1.29, 1.82) is 0 Å². The smallest absolute Gasteiger partial charge is 0.123 e. The Balaban J connectivity index is 2.52. The van der Waals surface area contributed by atoms with Crippen molar-refractivity contribution in [2.24, 2.45) is 5.73 Å². The van der Waals surface area contributed by atoms with E-state index in [0.29, 0.717) is 11.6 Å². The summed E-state index contributed by atoms with van der Waals surface area (Å²) in [5, 5.41) is 0.495. The highest BCUT2D eigenvalue weighted by molar-refractivity contribution is 6.29. The average Bonchev–Trinajstić information content (AvgIpc) is 2.16. The molecule has 1 aromatic rings. The summed E-state index contributed by atoms with van der Waals surface area (Å²) in [4.78, 5) is 0. The van der Waals surface area contributed by atoms with E-state index in [4.69, 9.17) is 22.1 Å². The lowest BCUT2D eigenvalue weighted by molar-refractivity contribution is 0.359. The summed E-state index contributed by atoms with van der Waals surface area (Å²) in [6, 6.07) is 8.03. The van der Waals surface area contributed by atoms with E-state index in [1.807, 2.05) is 31.2 Å². The van der Waals surface area contributed by atoms with Crippen LogP contribution in [0, 0.1) is 0 Å². The van der Waals surface area contributed by atoms with Gasteiger partial charge in [0.15, 0.2) is 0 Å². The molecule has 3 heteroatoms. The van der Waals surface area contributed by atoms with E-state index in [0.717, 1.165) is 12.2 Å². The molecule has 15 heavy (non-hydrogen) atoms. The molecule has 0 saturated carbocycles. The van der Waals surface area contributed by atoms with Gasteiger partial charge in [-0.1, -0.05) is 30.3 Å².